The maximum atomic E-state index is 9.18. The van der Waals surface area contributed by atoms with E-state index in [1.165, 1.54) is 0 Å². The molecule has 102 valence electrons. The Morgan fingerprint density at radius 3 is 2.63 bits per heavy atom. The number of nitrogens with two attached hydrogens (primary N) is 1. The Morgan fingerprint density at radius 1 is 1.32 bits per heavy atom. The van der Waals surface area contributed by atoms with E-state index in [9.17, 15) is 5.26 Å². The van der Waals surface area contributed by atoms with Gasteiger partial charge in [-0.2, -0.15) is 5.26 Å². The minimum absolute atomic E-state index is 0.331. The Labute approximate surface area is 114 Å². The zero-order chi connectivity index (χ0) is 13.7. The molecule has 0 aromatic carbocycles. The third-order valence-corrected chi connectivity index (χ3v) is 3.70. The van der Waals surface area contributed by atoms with Crippen molar-refractivity contribution in [3.63, 3.8) is 0 Å². The summed E-state index contributed by atoms with van der Waals surface area (Å²) in [6.07, 6.45) is 8.51. The molecule has 0 unspecified atom stereocenters. The van der Waals surface area contributed by atoms with Crippen LogP contribution in [0.2, 0.25) is 0 Å². The summed E-state index contributed by atoms with van der Waals surface area (Å²) >= 11 is 0. The first-order chi connectivity index (χ1) is 9.26. The van der Waals surface area contributed by atoms with Crippen LogP contribution in [0.3, 0.4) is 0 Å². The second-order valence-corrected chi connectivity index (χ2v) is 5.10. The largest absolute Gasteiger partial charge is 0.351 e. The Morgan fingerprint density at radius 2 is 2.00 bits per heavy atom. The molecule has 5 heteroatoms. The van der Waals surface area contributed by atoms with Crippen molar-refractivity contribution in [2.24, 2.45) is 5.73 Å². The lowest BCUT2D eigenvalue weighted by Gasteiger charge is -2.36. The minimum Gasteiger partial charge on any atom is -0.351 e. The molecular formula is C14H21N5. The summed E-state index contributed by atoms with van der Waals surface area (Å²) in [7, 11) is 0. The van der Waals surface area contributed by atoms with E-state index < -0.39 is 0 Å². The molecule has 1 heterocycles. The lowest BCUT2D eigenvalue weighted by molar-refractivity contribution is 0.373. The van der Waals surface area contributed by atoms with E-state index in [-0.39, 0.29) is 0 Å². The van der Waals surface area contributed by atoms with Gasteiger partial charge in [-0.25, -0.2) is 9.97 Å². The molecule has 19 heavy (non-hydrogen) atoms. The maximum absolute atomic E-state index is 9.18. The van der Waals surface area contributed by atoms with Crippen LogP contribution in [0, 0.1) is 11.3 Å². The number of aromatic nitrogens is 2. The molecule has 2 N–H and O–H groups in total. The van der Waals surface area contributed by atoms with Crippen LogP contribution in [-0.2, 0) is 0 Å². The topological polar surface area (TPSA) is 78.8 Å². The molecule has 1 fully saturated rings. The van der Waals surface area contributed by atoms with E-state index >= 15 is 0 Å². The molecule has 0 bridgehead atoms. The van der Waals surface area contributed by atoms with Crippen molar-refractivity contribution in [3.8, 4) is 6.07 Å². The smallest absolute Gasteiger partial charge is 0.183 e. The van der Waals surface area contributed by atoms with Crippen LogP contribution in [0.15, 0.2) is 12.4 Å². The summed E-state index contributed by atoms with van der Waals surface area (Å²) in [5.74, 6) is 0.729. The Balaban J connectivity index is 2.22. The summed E-state index contributed by atoms with van der Waals surface area (Å²) in [6, 6.07) is 2.91. The molecule has 1 aliphatic rings. The van der Waals surface area contributed by atoms with Gasteiger partial charge >= 0.3 is 0 Å². The summed E-state index contributed by atoms with van der Waals surface area (Å²) in [6.45, 7) is 3.05. The predicted molar refractivity (Wildman–Crippen MR) is 74.6 cm³/mol. The van der Waals surface area contributed by atoms with E-state index in [1.54, 1.807) is 12.4 Å². The van der Waals surface area contributed by atoms with Crippen molar-refractivity contribution in [3.05, 3.63) is 18.1 Å². The number of anilines is 1. The fourth-order valence-electron chi connectivity index (χ4n) is 2.74. The van der Waals surface area contributed by atoms with E-state index in [0.29, 0.717) is 17.8 Å². The SMILES string of the molecule is CCCN(c1nccnc1C#N)C1CCC(N)CC1. The molecule has 0 radical (unpaired) electrons. The van der Waals surface area contributed by atoms with Crippen molar-refractivity contribution in [1.29, 1.82) is 5.26 Å². The van der Waals surface area contributed by atoms with Gasteiger partial charge in [-0.15, -0.1) is 0 Å². The quantitative estimate of drug-likeness (QED) is 0.892. The van der Waals surface area contributed by atoms with Gasteiger partial charge in [0.1, 0.15) is 6.07 Å². The number of nitrogens with zero attached hydrogens (tertiary/aromatic N) is 4. The number of rotatable bonds is 4. The third-order valence-electron chi connectivity index (χ3n) is 3.70. The standard InChI is InChI=1S/C14H21N5/c1-2-9-19(12-5-3-11(16)4-6-12)14-13(10-15)17-7-8-18-14/h7-8,11-12H,2-6,9,16H2,1H3. The molecule has 0 saturated heterocycles. The molecule has 0 aliphatic heterocycles. The molecule has 1 aromatic rings. The van der Waals surface area contributed by atoms with Gasteiger partial charge < -0.3 is 10.6 Å². The van der Waals surface area contributed by atoms with Gasteiger partial charge in [0.15, 0.2) is 11.5 Å². The van der Waals surface area contributed by atoms with Crippen LogP contribution >= 0.6 is 0 Å². The van der Waals surface area contributed by atoms with Crippen LogP contribution in [0.4, 0.5) is 5.82 Å². The lowest BCUT2D eigenvalue weighted by Crippen LogP contribution is -2.42. The monoisotopic (exact) mass is 259 g/mol. The first-order valence-electron chi connectivity index (χ1n) is 6.99. The molecule has 1 aliphatic carbocycles. The molecule has 1 aromatic heterocycles. The zero-order valence-corrected chi connectivity index (χ0v) is 11.4. The molecule has 1 saturated carbocycles. The van der Waals surface area contributed by atoms with Gasteiger partial charge in [-0.05, 0) is 32.1 Å². The first-order valence-corrected chi connectivity index (χ1v) is 6.99. The highest BCUT2D eigenvalue weighted by molar-refractivity contribution is 5.50. The highest BCUT2D eigenvalue weighted by Crippen LogP contribution is 2.27. The Kier molecular flexibility index (Phi) is 4.69. The third kappa shape index (κ3) is 3.21. The first kappa shape index (κ1) is 13.8. The van der Waals surface area contributed by atoms with Crippen LogP contribution < -0.4 is 10.6 Å². The second kappa shape index (κ2) is 6.48. The van der Waals surface area contributed by atoms with Crippen molar-refractivity contribution >= 4 is 5.82 Å². The second-order valence-electron chi connectivity index (χ2n) is 5.10. The van der Waals surface area contributed by atoms with Gasteiger partial charge in [0.25, 0.3) is 0 Å². The molecule has 0 spiro atoms. The van der Waals surface area contributed by atoms with Crippen molar-refractivity contribution in [1.82, 2.24) is 9.97 Å². The summed E-state index contributed by atoms with van der Waals surface area (Å²) in [5.41, 5.74) is 6.39. The van der Waals surface area contributed by atoms with Crippen LogP contribution in [0.1, 0.15) is 44.7 Å². The van der Waals surface area contributed by atoms with Crippen molar-refractivity contribution in [2.75, 3.05) is 11.4 Å². The molecule has 5 nitrogen and oxygen atoms in total. The van der Waals surface area contributed by atoms with E-state index in [1.807, 2.05) is 0 Å². The van der Waals surface area contributed by atoms with Gasteiger partial charge in [0.05, 0.1) is 0 Å². The van der Waals surface area contributed by atoms with Gasteiger partial charge in [0.2, 0.25) is 0 Å². The fourth-order valence-corrected chi connectivity index (χ4v) is 2.74. The number of hydrogen-bond donors (Lipinski definition) is 1. The normalized spacial score (nSPS) is 22.8. The van der Waals surface area contributed by atoms with E-state index in [0.717, 1.165) is 44.5 Å². The Hall–Kier alpha value is -1.67. The zero-order valence-electron chi connectivity index (χ0n) is 11.4. The molecular weight excluding hydrogens is 238 g/mol. The highest BCUT2D eigenvalue weighted by Gasteiger charge is 2.26. The van der Waals surface area contributed by atoms with Crippen molar-refractivity contribution in [2.45, 2.75) is 51.1 Å². The fraction of sp³-hybridized carbons (Fsp3) is 0.643. The summed E-state index contributed by atoms with van der Waals surface area (Å²) in [5, 5.41) is 9.18. The van der Waals surface area contributed by atoms with Crippen molar-refractivity contribution < 1.29 is 0 Å². The highest BCUT2D eigenvalue weighted by atomic mass is 15.2. The average Bonchev–Trinajstić information content (AvgIpc) is 2.46. The Bertz CT molecular complexity index is 445. The van der Waals surface area contributed by atoms with Crippen LogP contribution in [0.5, 0.6) is 0 Å². The van der Waals surface area contributed by atoms with E-state index in [2.05, 4.69) is 27.9 Å². The number of hydrogen-bond acceptors (Lipinski definition) is 5. The lowest BCUT2D eigenvalue weighted by atomic mass is 9.90. The predicted octanol–water partition coefficient (Wildman–Crippen LogP) is 1.83. The average molecular weight is 259 g/mol. The molecule has 2 rings (SSSR count). The molecule has 0 amide bonds. The maximum Gasteiger partial charge on any atom is 0.183 e. The van der Waals surface area contributed by atoms with Gasteiger partial charge in [0, 0.05) is 31.0 Å². The van der Waals surface area contributed by atoms with Crippen LogP contribution in [-0.4, -0.2) is 28.6 Å². The van der Waals surface area contributed by atoms with Gasteiger partial charge in [-0.1, -0.05) is 6.92 Å². The molecule has 0 atom stereocenters. The van der Waals surface area contributed by atoms with E-state index in [4.69, 9.17) is 5.73 Å². The summed E-state index contributed by atoms with van der Waals surface area (Å²) in [4.78, 5) is 10.7. The van der Waals surface area contributed by atoms with Gasteiger partial charge in [-0.3, -0.25) is 0 Å². The minimum atomic E-state index is 0.331. The number of nitriles is 1. The van der Waals surface area contributed by atoms with Crippen LogP contribution in [0.25, 0.3) is 0 Å². The summed E-state index contributed by atoms with van der Waals surface area (Å²) < 4.78 is 0.